The first-order chi connectivity index (χ1) is 14.0. The van der Waals surface area contributed by atoms with Gasteiger partial charge >= 0.3 is 0 Å². The topological polar surface area (TPSA) is 72.1 Å². The average molecular weight is 449 g/mol. The molecule has 0 N–H and O–H groups in total. The molecule has 0 fully saturated rings. The lowest BCUT2D eigenvalue weighted by Gasteiger charge is -2.19. The maximum Gasteiger partial charge on any atom is 0.248 e. The van der Waals surface area contributed by atoms with Crippen LogP contribution in [0.2, 0.25) is 0 Å². The summed E-state index contributed by atoms with van der Waals surface area (Å²) < 4.78 is 6.65. The fourth-order valence-corrected chi connectivity index (χ4v) is 3.54. The number of halogens is 1. The lowest BCUT2D eigenvalue weighted by atomic mass is 10.0. The minimum atomic E-state index is -0.192. The third-order valence-corrected chi connectivity index (χ3v) is 4.88. The summed E-state index contributed by atoms with van der Waals surface area (Å²) in [4.78, 5) is 22.5. The van der Waals surface area contributed by atoms with Gasteiger partial charge in [0.1, 0.15) is 12.0 Å². The highest BCUT2D eigenvalue weighted by molar-refractivity contribution is 9.10. The molecule has 0 unspecified atom stereocenters. The number of rotatable bonds is 4. The van der Waals surface area contributed by atoms with Crippen LogP contribution in [0.4, 0.5) is 11.6 Å². The summed E-state index contributed by atoms with van der Waals surface area (Å²) in [5.74, 6) is 0.125. The van der Waals surface area contributed by atoms with Gasteiger partial charge in [0, 0.05) is 23.2 Å². The van der Waals surface area contributed by atoms with Crippen molar-refractivity contribution in [2.75, 3.05) is 4.90 Å². The molecule has 0 bridgehead atoms. The van der Waals surface area contributed by atoms with Crippen LogP contribution in [0, 0.1) is 6.92 Å². The molecule has 7 heteroatoms. The highest BCUT2D eigenvalue weighted by Crippen LogP contribution is 2.41. The van der Waals surface area contributed by atoms with Crippen LogP contribution < -0.4 is 4.90 Å². The van der Waals surface area contributed by atoms with Crippen LogP contribution >= 0.6 is 15.9 Å². The quantitative estimate of drug-likeness (QED) is 0.408. The molecule has 0 spiro atoms. The lowest BCUT2D eigenvalue weighted by Crippen LogP contribution is -2.23. The number of hydrogen-bond donors (Lipinski definition) is 0. The monoisotopic (exact) mass is 448 g/mol. The van der Waals surface area contributed by atoms with Gasteiger partial charge in [-0.1, -0.05) is 45.4 Å². The van der Waals surface area contributed by atoms with Crippen molar-refractivity contribution in [3.8, 4) is 22.5 Å². The van der Waals surface area contributed by atoms with E-state index in [0.717, 1.165) is 15.6 Å². The summed E-state index contributed by atoms with van der Waals surface area (Å²) in [6.07, 6.45) is 3.11. The zero-order valence-corrected chi connectivity index (χ0v) is 17.4. The van der Waals surface area contributed by atoms with Gasteiger partial charge in [0.05, 0.1) is 16.9 Å². The second-order valence-electron chi connectivity index (χ2n) is 6.51. The van der Waals surface area contributed by atoms with Crippen molar-refractivity contribution in [1.29, 1.82) is 0 Å². The van der Waals surface area contributed by atoms with E-state index < -0.39 is 0 Å². The summed E-state index contributed by atoms with van der Waals surface area (Å²) in [5.41, 5.74) is 4.41. The Morgan fingerprint density at radius 2 is 1.93 bits per heavy atom. The van der Waals surface area contributed by atoms with E-state index in [4.69, 9.17) is 4.52 Å². The van der Waals surface area contributed by atoms with Gasteiger partial charge in [-0.25, -0.2) is 14.9 Å². The Balaban J connectivity index is 1.97. The highest BCUT2D eigenvalue weighted by atomic mass is 79.9. The zero-order valence-electron chi connectivity index (χ0n) is 15.8. The first kappa shape index (κ1) is 19.0. The molecule has 0 saturated heterocycles. The first-order valence-corrected chi connectivity index (χ1v) is 9.73. The molecule has 144 valence electrons. The van der Waals surface area contributed by atoms with Crippen LogP contribution in [0.1, 0.15) is 12.5 Å². The van der Waals surface area contributed by atoms with Crippen molar-refractivity contribution in [2.45, 2.75) is 13.8 Å². The minimum Gasteiger partial charge on any atom is -0.336 e. The number of anilines is 2. The molecule has 0 atom stereocenters. The predicted molar refractivity (Wildman–Crippen MR) is 115 cm³/mol. The molecule has 0 aliphatic rings. The van der Waals surface area contributed by atoms with Crippen LogP contribution in [0.5, 0.6) is 0 Å². The number of hydrogen-bond acceptors (Lipinski definition) is 5. The van der Waals surface area contributed by atoms with Crippen molar-refractivity contribution >= 4 is 33.4 Å². The summed E-state index contributed by atoms with van der Waals surface area (Å²) >= 11 is 3.50. The highest BCUT2D eigenvalue weighted by Gasteiger charge is 2.28. The molecule has 0 aliphatic heterocycles. The fourth-order valence-electron chi connectivity index (χ4n) is 3.15. The lowest BCUT2D eigenvalue weighted by molar-refractivity contribution is -0.116. The number of carbonyl (C=O) groups excluding carboxylic acids is 1. The third-order valence-electron chi connectivity index (χ3n) is 4.39. The summed E-state index contributed by atoms with van der Waals surface area (Å²) in [5, 5.41) is 4.30. The standard InChI is InChI=1S/C22H17BrN4O2/c1-14-5-3-8-18(11-14)27(15(2)28)22-20(19-9-10-24-13-25-19)21(26-29-22)16-6-4-7-17(23)12-16/h3-13H,1-2H3. The van der Waals surface area contributed by atoms with Crippen molar-refractivity contribution in [3.63, 3.8) is 0 Å². The summed E-state index contributed by atoms with van der Waals surface area (Å²) in [6, 6.07) is 17.2. The molecule has 2 aromatic carbocycles. The maximum atomic E-state index is 12.6. The van der Waals surface area contributed by atoms with Crippen LogP contribution in [0.25, 0.3) is 22.5 Å². The molecule has 2 aromatic heterocycles. The predicted octanol–water partition coefficient (Wildman–Crippen LogP) is 5.55. The van der Waals surface area contributed by atoms with Crippen LogP contribution in [-0.4, -0.2) is 21.0 Å². The number of benzene rings is 2. The molecule has 4 rings (SSSR count). The van der Waals surface area contributed by atoms with Gasteiger partial charge in [-0.2, -0.15) is 0 Å². The molecular formula is C22H17BrN4O2. The second kappa shape index (κ2) is 7.97. The number of amides is 1. The Morgan fingerprint density at radius 1 is 1.10 bits per heavy atom. The second-order valence-corrected chi connectivity index (χ2v) is 7.43. The van der Waals surface area contributed by atoms with Crippen LogP contribution in [0.15, 0.2) is 76.1 Å². The first-order valence-electron chi connectivity index (χ1n) is 8.94. The smallest absolute Gasteiger partial charge is 0.248 e. The SMILES string of the molecule is CC(=O)N(c1cccc(C)c1)c1onc(-c2cccc(Br)c2)c1-c1ccncn1. The normalized spacial score (nSPS) is 10.7. The summed E-state index contributed by atoms with van der Waals surface area (Å²) in [7, 11) is 0. The van der Waals surface area contributed by atoms with Crippen LogP contribution in [-0.2, 0) is 4.79 Å². The van der Waals surface area contributed by atoms with E-state index in [0.29, 0.717) is 28.5 Å². The van der Waals surface area contributed by atoms with Crippen molar-refractivity contribution in [1.82, 2.24) is 15.1 Å². The Labute approximate surface area is 176 Å². The molecule has 0 radical (unpaired) electrons. The Bertz CT molecular complexity index is 1170. The number of nitrogens with zero attached hydrogens (tertiary/aromatic N) is 4. The van der Waals surface area contributed by atoms with Crippen LogP contribution in [0.3, 0.4) is 0 Å². The van der Waals surface area contributed by atoms with Crippen molar-refractivity contribution in [2.24, 2.45) is 0 Å². The molecule has 1 amide bonds. The molecule has 4 aromatic rings. The van der Waals surface area contributed by atoms with Gasteiger partial charge in [0.15, 0.2) is 0 Å². The average Bonchev–Trinajstić information content (AvgIpc) is 3.13. The van der Waals surface area contributed by atoms with Gasteiger partial charge in [-0.3, -0.25) is 4.79 Å². The third kappa shape index (κ3) is 3.82. The summed E-state index contributed by atoms with van der Waals surface area (Å²) in [6.45, 7) is 3.47. The maximum absolute atomic E-state index is 12.6. The van der Waals surface area contributed by atoms with Gasteiger partial charge in [0.2, 0.25) is 11.8 Å². The number of aromatic nitrogens is 3. The van der Waals surface area contributed by atoms with E-state index >= 15 is 0 Å². The molecule has 0 saturated carbocycles. The Kier molecular flexibility index (Phi) is 5.22. The molecular weight excluding hydrogens is 432 g/mol. The molecule has 29 heavy (non-hydrogen) atoms. The Hall–Kier alpha value is -3.32. The van der Waals surface area contributed by atoms with Gasteiger partial charge in [-0.05, 0) is 42.8 Å². The van der Waals surface area contributed by atoms with Gasteiger partial charge < -0.3 is 4.52 Å². The molecule has 6 nitrogen and oxygen atoms in total. The fraction of sp³-hybridized carbons (Fsp3) is 0.0909. The number of carbonyl (C=O) groups is 1. The van der Waals surface area contributed by atoms with E-state index in [1.54, 1.807) is 12.3 Å². The minimum absolute atomic E-state index is 0.192. The zero-order chi connectivity index (χ0) is 20.4. The van der Waals surface area contributed by atoms with Gasteiger partial charge in [0.25, 0.3) is 0 Å². The van der Waals surface area contributed by atoms with E-state index in [9.17, 15) is 4.79 Å². The van der Waals surface area contributed by atoms with E-state index in [2.05, 4.69) is 31.1 Å². The van der Waals surface area contributed by atoms with E-state index in [1.165, 1.54) is 18.2 Å². The Morgan fingerprint density at radius 3 is 2.62 bits per heavy atom. The van der Waals surface area contributed by atoms with Crippen molar-refractivity contribution in [3.05, 3.63) is 77.2 Å². The number of aryl methyl sites for hydroxylation is 1. The largest absolute Gasteiger partial charge is 0.336 e. The molecule has 0 aliphatic carbocycles. The van der Waals surface area contributed by atoms with Crippen molar-refractivity contribution < 1.29 is 9.32 Å². The van der Waals surface area contributed by atoms with E-state index in [-0.39, 0.29) is 5.91 Å². The van der Waals surface area contributed by atoms with E-state index in [1.807, 2.05) is 55.5 Å². The molecule has 2 heterocycles. The van der Waals surface area contributed by atoms with Gasteiger partial charge in [-0.15, -0.1) is 0 Å².